The Labute approximate surface area is 105 Å². The number of Topliss-reactive ketones (excluding diaryl/α,β-unsaturated/α-hetero) is 1. The van der Waals surface area contributed by atoms with E-state index in [0.717, 1.165) is 17.5 Å². The molecule has 1 aliphatic heterocycles. The van der Waals surface area contributed by atoms with Gasteiger partial charge in [-0.2, -0.15) is 0 Å². The van der Waals surface area contributed by atoms with Gasteiger partial charge in [-0.3, -0.25) is 4.79 Å². The number of carbonyl (C=O) groups excluding carboxylic acids is 1. The minimum absolute atomic E-state index is 0.0715. The van der Waals surface area contributed by atoms with Gasteiger partial charge in [0.05, 0.1) is 6.61 Å². The average molecular weight is 245 g/mol. The van der Waals surface area contributed by atoms with E-state index < -0.39 is 6.10 Å². The van der Waals surface area contributed by atoms with E-state index in [1.165, 1.54) is 0 Å². The van der Waals surface area contributed by atoms with Crippen LogP contribution in [-0.2, 0) is 4.74 Å². The van der Waals surface area contributed by atoms with E-state index in [4.69, 9.17) is 9.15 Å². The van der Waals surface area contributed by atoms with Gasteiger partial charge in [-0.25, -0.2) is 0 Å². The van der Waals surface area contributed by atoms with Gasteiger partial charge in [-0.15, -0.1) is 0 Å². The zero-order valence-corrected chi connectivity index (χ0v) is 10.3. The van der Waals surface area contributed by atoms with Crippen LogP contribution in [0.1, 0.15) is 10.6 Å². The number of ketones is 1. The maximum Gasteiger partial charge on any atom is 0.227 e. The number of morpholine rings is 1. The first kappa shape index (κ1) is 11.4. The summed E-state index contributed by atoms with van der Waals surface area (Å²) in [5.41, 5.74) is 0.741. The summed E-state index contributed by atoms with van der Waals surface area (Å²) in [4.78, 5) is 14.4. The molecule has 0 aliphatic carbocycles. The van der Waals surface area contributed by atoms with Crippen LogP contribution < -0.4 is 0 Å². The molecule has 18 heavy (non-hydrogen) atoms. The summed E-state index contributed by atoms with van der Waals surface area (Å²) in [6.07, 6.45) is -0.413. The molecule has 0 spiro atoms. The first-order chi connectivity index (χ1) is 8.74. The monoisotopic (exact) mass is 245 g/mol. The van der Waals surface area contributed by atoms with Crippen molar-refractivity contribution in [2.24, 2.45) is 0 Å². The molecule has 1 saturated heterocycles. The fourth-order valence-corrected chi connectivity index (χ4v) is 2.20. The first-order valence-electron chi connectivity index (χ1n) is 6.07. The Morgan fingerprint density at radius 2 is 2.22 bits per heavy atom. The van der Waals surface area contributed by atoms with Crippen LogP contribution in [0.5, 0.6) is 0 Å². The molecule has 2 aromatic rings. The molecule has 1 aromatic heterocycles. The maximum atomic E-state index is 12.3. The molecule has 0 amide bonds. The third-order valence-corrected chi connectivity index (χ3v) is 3.23. The maximum absolute atomic E-state index is 12.3. The lowest BCUT2D eigenvalue weighted by Crippen LogP contribution is -2.44. The van der Waals surface area contributed by atoms with Crippen molar-refractivity contribution in [1.29, 1.82) is 0 Å². The second kappa shape index (κ2) is 4.55. The molecule has 4 heteroatoms. The third-order valence-electron chi connectivity index (χ3n) is 3.23. The normalized spacial score (nSPS) is 21.3. The molecule has 94 valence electrons. The van der Waals surface area contributed by atoms with Gasteiger partial charge in [-0.1, -0.05) is 18.2 Å². The molecule has 3 rings (SSSR count). The molecule has 1 aromatic carbocycles. The summed E-state index contributed by atoms with van der Waals surface area (Å²) in [6.45, 7) is 2.08. The number of para-hydroxylation sites is 1. The number of fused-ring (bicyclic) bond motifs is 1. The second-order valence-electron chi connectivity index (χ2n) is 4.63. The van der Waals surface area contributed by atoms with Gasteiger partial charge in [0, 0.05) is 18.5 Å². The van der Waals surface area contributed by atoms with Crippen molar-refractivity contribution >= 4 is 16.8 Å². The van der Waals surface area contributed by atoms with Crippen LogP contribution in [0, 0.1) is 0 Å². The van der Waals surface area contributed by atoms with Gasteiger partial charge in [0.25, 0.3) is 0 Å². The van der Waals surface area contributed by atoms with Crippen molar-refractivity contribution in [2.45, 2.75) is 6.10 Å². The van der Waals surface area contributed by atoms with Crippen molar-refractivity contribution in [1.82, 2.24) is 4.90 Å². The highest BCUT2D eigenvalue weighted by atomic mass is 16.5. The standard InChI is InChI=1S/C14H15NO3/c1-15-6-7-17-13(9-15)14(16)12-8-10-4-2-3-5-11(10)18-12/h2-5,8,13H,6-7,9H2,1H3. The highest BCUT2D eigenvalue weighted by Gasteiger charge is 2.28. The van der Waals surface area contributed by atoms with Crippen molar-refractivity contribution in [3.63, 3.8) is 0 Å². The minimum atomic E-state index is -0.413. The van der Waals surface area contributed by atoms with Crippen LogP contribution in [0.3, 0.4) is 0 Å². The molecule has 0 radical (unpaired) electrons. The topological polar surface area (TPSA) is 42.7 Å². The van der Waals surface area contributed by atoms with E-state index in [9.17, 15) is 4.79 Å². The summed E-state index contributed by atoms with van der Waals surface area (Å²) in [6, 6.07) is 9.40. The van der Waals surface area contributed by atoms with Crippen molar-refractivity contribution in [3.8, 4) is 0 Å². The highest BCUT2D eigenvalue weighted by Crippen LogP contribution is 2.21. The zero-order chi connectivity index (χ0) is 12.5. The number of hydrogen-bond acceptors (Lipinski definition) is 4. The Bertz CT molecular complexity index is 542. The lowest BCUT2D eigenvalue weighted by Gasteiger charge is -2.28. The van der Waals surface area contributed by atoms with Crippen molar-refractivity contribution in [2.75, 3.05) is 26.7 Å². The molecule has 1 atom stereocenters. The number of hydrogen-bond donors (Lipinski definition) is 0. The number of furan rings is 1. The fraction of sp³-hybridized carbons (Fsp3) is 0.357. The smallest absolute Gasteiger partial charge is 0.227 e. The fourth-order valence-electron chi connectivity index (χ4n) is 2.20. The van der Waals surface area contributed by atoms with Crippen LogP contribution in [-0.4, -0.2) is 43.5 Å². The number of ether oxygens (including phenoxy) is 1. The van der Waals surface area contributed by atoms with Crippen molar-refractivity contribution < 1.29 is 13.9 Å². The minimum Gasteiger partial charge on any atom is -0.453 e. The summed E-state index contributed by atoms with van der Waals surface area (Å²) in [5.74, 6) is 0.314. The van der Waals surface area contributed by atoms with Crippen LogP contribution in [0.25, 0.3) is 11.0 Å². The van der Waals surface area contributed by atoms with E-state index in [-0.39, 0.29) is 5.78 Å². The van der Waals surface area contributed by atoms with E-state index >= 15 is 0 Å². The molecular weight excluding hydrogens is 230 g/mol. The molecule has 2 heterocycles. The number of rotatable bonds is 2. The van der Waals surface area contributed by atoms with Gasteiger partial charge in [-0.05, 0) is 19.2 Å². The highest BCUT2D eigenvalue weighted by molar-refractivity contribution is 6.00. The lowest BCUT2D eigenvalue weighted by molar-refractivity contribution is -0.00987. The molecule has 0 N–H and O–H groups in total. The Morgan fingerprint density at radius 1 is 1.39 bits per heavy atom. The summed E-state index contributed by atoms with van der Waals surface area (Å²) in [5, 5.41) is 0.949. The van der Waals surface area contributed by atoms with Crippen LogP contribution in [0.2, 0.25) is 0 Å². The van der Waals surface area contributed by atoms with Crippen LogP contribution in [0.4, 0.5) is 0 Å². The summed E-state index contributed by atoms with van der Waals surface area (Å²) >= 11 is 0. The van der Waals surface area contributed by atoms with Crippen molar-refractivity contribution in [3.05, 3.63) is 36.1 Å². The third kappa shape index (κ3) is 2.05. The van der Waals surface area contributed by atoms with Gasteiger partial charge in [0.15, 0.2) is 5.76 Å². The number of benzene rings is 1. The summed E-state index contributed by atoms with van der Waals surface area (Å²) < 4.78 is 11.1. The SMILES string of the molecule is CN1CCOC(C(=O)c2cc3ccccc3o2)C1. The van der Waals surface area contributed by atoms with E-state index in [0.29, 0.717) is 18.9 Å². The molecule has 0 bridgehead atoms. The van der Waals surface area contributed by atoms with E-state index in [1.54, 1.807) is 6.07 Å². The Kier molecular flexibility index (Phi) is 2.89. The Morgan fingerprint density at radius 3 is 3.00 bits per heavy atom. The Hall–Kier alpha value is -1.65. The first-order valence-corrected chi connectivity index (χ1v) is 6.07. The largest absolute Gasteiger partial charge is 0.453 e. The predicted octanol–water partition coefficient (Wildman–Crippen LogP) is 1.95. The molecule has 1 unspecified atom stereocenters. The Balaban J connectivity index is 1.87. The van der Waals surface area contributed by atoms with Gasteiger partial charge in [0.2, 0.25) is 5.78 Å². The number of nitrogens with zero attached hydrogens (tertiary/aromatic N) is 1. The van der Waals surface area contributed by atoms with E-state index in [1.807, 2.05) is 31.3 Å². The number of likely N-dealkylation sites (N-methyl/N-ethyl adjacent to an activating group) is 1. The van der Waals surface area contributed by atoms with Gasteiger partial charge in [0.1, 0.15) is 11.7 Å². The van der Waals surface area contributed by atoms with Crippen LogP contribution >= 0.6 is 0 Å². The molecule has 0 saturated carbocycles. The van der Waals surface area contributed by atoms with Crippen LogP contribution in [0.15, 0.2) is 34.7 Å². The average Bonchev–Trinajstić information content (AvgIpc) is 2.81. The summed E-state index contributed by atoms with van der Waals surface area (Å²) in [7, 11) is 1.99. The zero-order valence-electron chi connectivity index (χ0n) is 10.3. The molecular formula is C14H15NO3. The number of carbonyl (C=O) groups is 1. The van der Waals surface area contributed by atoms with E-state index in [2.05, 4.69) is 4.90 Å². The molecule has 1 fully saturated rings. The molecule has 4 nitrogen and oxygen atoms in total. The molecule has 1 aliphatic rings. The lowest BCUT2D eigenvalue weighted by atomic mass is 10.1. The second-order valence-corrected chi connectivity index (χ2v) is 4.63. The van der Waals surface area contributed by atoms with Gasteiger partial charge >= 0.3 is 0 Å². The quantitative estimate of drug-likeness (QED) is 0.758. The predicted molar refractivity (Wildman–Crippen MR) is 67.8 cm³/mol. The van der Waals surface area contributed by atoms with Gasteiger partial charge < -0.3 is 14.1 Å².